The smallest absolute Gasteiger partial charge is 0.191 e. The van der Waals surface area contributed by atoms with Gasteiger partial charge in [-0.2, -0.15) is 16.9 Å². The van der Waals surface area contributed by atoms with E-state index in [0.29, 0.717) is 19.0 Å². The van der Waals surface area contributed by atoms with E-state index in [9.17, 15) is 4.39 Å². The van der Waals surface area contributed by atoms with Crippen LogP contribution < -0.4 is 10.6 Å². The number of hydrogen-bond donors (Lipinski definition) is 2. The lowest BCUT2D eigenvalue weighted by molar-refractivity contribution is 0.625. The molecule has 0 unspecified atom stereocenters. The highest BCUT2D eigenvalue weighted by molar-refractivity contribution is 7.97. The van der Waals surface area contributed by atoms with Crippen LogP contribution in [0.25, 0.3) is 5.69 Å². The maximum Gasteiger partial charge on any atom is 0.191 e. The predicted octanol–water partition coefficient (Wildman–Crippen LogP) is 3.74. The van der Waals surface area contributed by atoms with Crippen molar-refractivity contribution < 1.29 is 4.39 Å². The summed E-state index contributed by atoms with van der Waals surface area (Å²) < 4.78 is 15.3. The zero-order valence-corrected chi connectivity index (χ0v) is 16.8. The lowest BCUT2D eigenvalue weighted by Gasteiger charge is -2.13. The van der Waals surface area contributed by atoms with E-state index in [0.717, 1.165) is 28.3 Å². The van der Waals surface area contributed by atoms with Crippen LogP contribution in [0.5, 0.6) is 0 Å². The van der Waals surface area contributed by atoms with Gasteiger partial charge in [0.1, 0.15) is 5.82 Å². The summed E-state index contributed by atoms with van der Waals surface area (Å²) in [6.45, 7) is 1.13. The molecule has 5 nitrogen and oxygen atoms in total. The number of halogens is 1. The molecule has 146 valence electrons. The maximum absolute atomic E-state index is 13.5. The topological polar surface area (TPSA) is 54.2 Å². The molecule has 0 aliphatic carbocycles. The molecule has 3 rings (SSSR count). The van der Waals surface area contributed by atoms with Crippen molar-refractivity contribution >= 4 is 17.7 Å². The van der Waals surface area contributed by atoms with E-state index in [1.165, 1.54) is 6.07 Å². The molecule has 0 bridgehead atoms. The molecule has 0 aliphatic rings. The van der Waals surface area contributed by atoms with Gasteiger partial charge in [0.2, 0.25) is 0 Å². The lowest BCUT2D eigenvalue weighted by Crippen LogP contribution is -2.36. The van der Waals surface area contributed by atoms with Crippen molar-refractivity contribution in [3.05, 3.63) is 83.4 Å². The minimum atomic E-state index is -0.204. The molecule has 28 heavy (non-hydrogen) atoms. The number of aliphatic imine (C=N–C) groups is 1. The van der Waals surface area contributed by atoms with E-state index in [1.807, 2.05) is 59.6 Å². The molecular formula is C21H24FN5S. The van der Waals surface area contributed by atoms with Crippen molar-refractivity contribution in [2.45, 2.75) is 18.8 Å². The molecule has 1 aromatic heterocycles. The van der Waals surface area contributed by atoms with Crippen molar-refractivity contribution in [1.82, 2.24) is 20.4 Å². The molecule has 2 aromatic carbocycles. The van der Waals surface area contributed by atoms with Crippen molar-refractivity contribution in [2.24, 2.45) is 4.99 Å². The Kier molecular flexibility index (Phi) is 7.08. The van der Waals surface area contributed by atoms with Gasteiger partial charge in [0.05, 0.1) is 17.9 Å². The normalized spacial score (nSPS) is 11.5. The first-order valence-electron chi connectivity index (χ1n) is 9.00. The third kappa shape index (κ3) is 5.36. The van der Waals surface area contributed by atoms with Gasteiger partial charge in [0.15, 0.2) is 5.96 Å². The Hall–Kier alpha value is -2.80. The molecule has 0 spiro atoms. The number of rotatable bonds is 7. The molecule has 0 saturated heterocycles. The SMILES string of the molecule is CN=C(NCc1ccn(-c2ccccc2)n1)NCc1ccc(F)cc1CSC. The second kappa shape index (κ2) is 9.94. The Labute approximate surface area is 169 Å². The molecule has 0 aliphatic heterocycles. The number of para-hydroxylation sites is 1. The monoisotopic (exact) mass is 397 g/mol. The van der Waals surface area contributed by atoms with Crippen LogP contribution in [0.2, 0.25) is 0 Å². The summed E-state index contributed by atoms with van der Waals surface area (Å²) in [6.07, 6.45) is 3.95. The maximum atomic E-state index is 13.5. The van der Waals surface area contributed by atoms with Crippen LogP contribution in [0.4, 0.5) is 4.39 Å². The van der Waals surface area contributed by atoms with E-state index in [-0.39, 0.29) is 5.82 Å². The van der Waals surface area contributed by atoms with E-state index >= 15 is 0 Å². The Morgan fingerprint density at radius 3 is 2.61 bits per heavy atom. The average Bonchev–Trinajstić information content (AvgIpc) is 3.19. The molecule has 3 aromatic rings. The summed E-state index contributed by atoms with van der Waals surface area (Å²) >= 11 is 1.67. The van der Waals surface area contributed by atoms with Crippen molar-refractivity contribution in [1.29, 1.82) is 0 Å². The second-order valence-electron chi connectivity index (χ2n) is 6.21. The molecular weight excluding hydrogens is 373 g/mol. The molecule has 0 atom stereocenters. The molecule has 0 amide bonds. The lowest BCUT2D eigenvalue weighted by atomic mass is 10.1. The van der Waals surface area contributed by atoms with E-state index in [1.54, 1.807) is 24.9 Å². The van der Waals surface area contributed by atoms with Crippen LogP contribution in [0.1, 0.15) is 16.8 Å². The highest BCUT2D eigenvalue weighted by Gasteiger charge is 2.06. The Balaban J connectivity index is 1.57. The number of nitrogens with one attached hydrogen (secondary N) is 2. The highest BCUT2D eigenvalue weighted by Crippen LogP contribution is 2.16. The fraction of sp³-hybridized carbons (Fsp3) is 0.238. The van der Waals surface area contributed by atoms with Crippen LogP contribution in [0.3, 0.4) is 0 Å². The zero-order chi connectivity index (χ0) is 19.8. The molecule has 1 heterocycles. The summed E-state index contributed by atoms with van der Waals surface area (Å²) in [7, 11) is 1.73. The molecule has 0 saturated carbocycles. The minimum Gasteiger partial charge on any atom is -0.352 e. The van der Waals surface area contributed by atoms with E-state index in [4.69, 9.17) is 0 Å². The summed E-state index contributed by atoms with van der Waals surface area (Å²) in [5, 5.41) is 11.1. The molecule has 7 heteroatoms. The van der Waals surface area contributed by atoms with Crippen molar-refractivity contribution in [3.63, 3.8) is 0 Å². The predicted molar refractivity (Wildman–Crippen MR) is 114 cm³/mol. The Morgan fingerprint density at radius 2 is 1.86 bits per heavy atom. The van der Waals surface area contributed by atoms with E-state index in [2.05, 4.69) is 20.7 Å². The highest BCUT2D eigenvalue weighted by atomic mass is 32.2. The summed E-state index contributed by atoms with van der Waals surface area (Å²) in [5.74, 6) is 1.25. The van der Waals surface area contributed by atoms with Gasteiger partial charge in [-0.25, -0.2) is 9.07 Å². The molecule has 2 N–H and O–H groups in total. The van der Waals surface area contributed by atoms with Gasteiger partial charge in [-0.15, -0.1) is 0 Å². The Bertz CT molecular complexity index is 924. The molecule has 0 radical (unpaired) electrons. The standard InChI is InChI=1S/C21H24FN5S/c1-23-21(24-13-16-8-9-18(22)12-17(16)15-28-2)25-14-19-10-11-27(26-19)20-6-4-3-5-7-20/h3-12H,13-15H2,1-2H3,(H2,23,24,25). The quantitative estimate of drug-likeness (QED) is 0.471. The summed E-state index contributed by atoms with van der Waals surface area (Å²) in [4.78, 5) is 4.26. The van der Waals surface area contributed by atoms with Crippen molar-refractivity contribution in [2.75, 3.05) is 13.3 Å². The summed E-state index contributed by atoms with van der Waals surface area (Å²) in [6, 6.07) is 16.9. The number of nitrogens with zero attached hydrogens (tertiary/aromatic N) is 3. The third-order valence-electron chi connectivity index (χ3n) is 4.24. The number of aromatic nitrogens is 2. The average molecular weight is 398 g/mol. The zero-order valence-electron chi connectivity index (χ0n) is 16.0. The van der Waals surface area contributed by atoms with Crippen molar-refractivity contribution in [3.8, 4) is 5.69 Å². The largest absolute Gasteiger partial charge is 0.352 e. The fourth-order valence-corrected chi connectivity index (χ4v) is 3.39. The molecule has 0 fully saturated rings. The van der Waals surface area contributed by atoms with Gasteiger partial charge in [-0.3, -0.25) is 4.99 Å². The Morgan fingerprint density at radius 1 is 1.07 bits per heavy atom. The van der Waals surface area contributed by atoms with Crippen LogP contribution in [-0.2, 0) is 18.8 Å². The number of guanidine groups is 1. The van der Waals surface area contributed by atoms with Crippen LogP contribution in [-0.4, -0.2) is 29.0 Å². The first-order valence-corrected chi connectivity index (χ1v) is 10.4. The number of benzene rings is 2. The first-order chi connectivity index (χ1) is 13.7. The summed E-state index contributed by atoms with van der Waals surface area (Å²) in [5.41, 5.74) is 4.00. The van der Waals surface area contributed by atoms with Gasteiger partial charge >= 0.3 is 0 Å². The fourth-order valence-electron chi connectivity index (χ4n) is 2.81. The van der Waals surface area contributed by atoms with Gasteiger partial charge < -0.3 is 10.6 Å². The minimum absolute atomic E-state index is 0.204. The first kappa shape index (κ1) is 19.9. The third-order valence-corrected chi connectivity index (χ3v) is 4.84. The van der Waals surface area contributed by atoms with Gasteiger partial charge in [-0.1, -0.05) is 24.3 Å². The van der Waals surface area contributed by atoms with E-state index < -0.39 is 0 Å². The van der Waals surface area contributed by atoms with Crippen LogP contribution in [0.15, 0.2) is 65.8 Å². The van der Waals surface area contributed by atoms with Gasteiger partial charge in [-0.05, 0) is 47.7 Å². The second-order valence-corrected chi connectivity index (χ2v) is 7.08. The number of thioether (sulfide) groups is 1. The van der Waals surface area contributed by atoms with Gasteiger partial charge in [0, 0.05) is 25.5 Å². The van der Waals surface area contributed by atoms with Gasteiger partial charge in [0.25, 0.3) is 0 Å². The van der Waals surface area contributed by atoms with Crippen LogP contribution >= 0.6 is 11.8 Å². The van der Waals surface area contributed by atoms with Crippen LogP contribution in [0, 0.1) is 5.82 Å². The number of hydrogen-bond acceptors (Lipinski definition) is 3.